The fourth-order valence-corrected chi connectivity index (χ4v) is 3.07. The molecule has 2 saturated carbocycles. The van der Waals surface area contributed by atoms with E-state index < -0.39 is 0 Å². The van der Waals surface area contributed by atoms with E-state index in [1.165, 1.54) is 25.7 Å². The van der Waals surface area contributed by atoms with Crippen LogP contribution in [0, 0.1) is 5.92 Å². The zero-order chi connectivity index (χ0) is 13.5. The van der Waals surface area contributed by atoms with Crippen LogP contribution in [0.4, 0.5) is 5.82 Å². The minimum absolute atomic E-state index is 0.196. The van der Waals surface area contributed by atoms with E-state index in [4.69, 9.17) is 0 Å². The number of carbonyl (C=O) groups is 1. The number of rotatable bonds is 4. The zero-order valence-corrected chi connectivity index (χ0v) is 11.5. The largest absolute Gasteiger partial charge is 0.365 e. The van der Waals surface area contributed by atoms with Gasteiger partial charge in [0, 0.05) is 24.6 Å². The van der Waals surface area contributed by atoms with E-state index in [-0.39, 0.29) is 11.9 Å². The summed E-state index contributed by atoms with van der Waals surface area (Å²) in [6.45, 7) is 0. The lowest BCUT2D eigenvalue weighted by atomic mass is 9.94. The van der Waals surface area contributed by atoms with Gasteiger partial charge in [0.2, 0.25) is 5.91 Å². The Balaban J connectivity index is 1.48. The molecule has 2 N–H and O–H groups in total. The van der Waals surface area contributed by atoms with Crippen LogP contribution in [-0.2, 0) is 4.79 Å². The highest BCUT2D eigenvalue weighted by Crippen LogP contribution is 2.39. The summed E-state index contributed by atoms with van der Waals surface area (Å²) in [5.41, 5.74) is 0. The van der Waals surface area contributed by atoms with Gasteiger partial charge in [-0.2, -0.15) is 0 Å². The first-order chi connectivity index (χ1) is 9.79. The van der Waals surface area contributed by atoms with Crippen molar-refractivity contribution in [3.8, 4) is 0 Å². The fraction of sp³-hybridized carbons (Fsp3) is 0.667. The highest BCUT2D eigenvalue weighted by Gasteiger charge is 2.40. The Labute approximate surface area is 118 Å². The topological polar surface area (TPSA) is 66.9 Å². The summed E-state index contributed by atoms with van der Waals surface area (Å²) in [7, 11) is 0. The number of carbonyl (C=O) groups excluding carboxylic acids is 1. The average molecular weight is 272 g/mol. The van der Waals surface area contributed by atoms with E-state index in [0.717, 1.165) is 18.1 Å². The number of nitrogens with zero attached hydrogens (tertiary/aromatic N) is 2. The summed E-state index contributed by atoms with van der Waals surface area (Å²) in [6, 6.07) is 2.52. The SMILES string of the molecule is O=C1CC[C@@H](Nc2ccnc(C3CC3)n2)[C@H](C2CC2)N1. The van der Waals surface area contributed by atoms with Gasteiger partial charge in [-0.1, -0.05) is 0 Å². The standard InChI is InChI=1S/C15H20N4O/c20-13-6-5-11(14(19-13)9-1-2-9)17-12-7-8-16-15(18-12)10-3-4-10/h7-11,14H,1-6H2,(H,19,20)(H,16,17,18)/t11-,14+/m1/s1. The Kier molecular flexibility index (Phi) is 2.86. The second kappa shape index (κ2) is 4.72. The lowest BCUT2D eigenvalue weighted by molar-refractivity contribution is -0.123. The van der Waals surface area contributed by atoms with Gasteiger partial charge in [0.1, 0.15) is 11.6 Å². The predicted molar refractivity (Wildman–Crippen MR) is 75.3 cm³/mol. The lowest BCUT2D eigenvalue weighted by Gasteiger charge is -2.33. The summed E-state index contributed by atoms with van der Waals surface area (Å²) >= 11 is 0. The molecule has 5 heteroatoms. The van der Waals surface area contributed by atoms with Gasteiger partial charge in [-0.05, 0) is 44.1 Å². The molecule has 0 radical (unpaired) electrons. The van der Waals surface area contributed by atoms with Crippen molar-refractivity contribution in [2.45, 2.75) is 56.5 Å². The number of hydrogen-bond donors (Lipinski definition) is 2. The van der Waals surface area contributed by atoms with Gasteiger partial charge in [0.05, 0.1) is 6.04 Å². The molecule has 3 fully saturated rings. The second-order valence-corrected chi connectivity index (χ2v) is 6.29. The minimum Gasteiger partial charge on any atom is -0.365 e. The number of nitrogens with one attached hydrogen (secondary N) is 2. The van der Waals surface area contributed by atoms with Gasteiger partial charge in [-0.3, -0.25) is 4.79 Å². The molecule has 0 aromatic carbocycles. The first-order valence-electron chi connectivity index (χ1n) is 7.68. The normalized spacial score (nSPS) is 29.9. The van der Waals surface area contributed by atoms with Crippen molar-refractivity contribution in [3.63, 3.8) is 0 Å². The van der Waals surface area contributed by atoms with Crippen molar-refractivity contribution < 1.29 is 4.79 Å². The zero-order valence-electron chi connectivity index (χ0n) is 11.5. The molecular weight excluding hydrogens is 252 g/mol. The molecule has 1 aromatic rings. The molecule has 106 valence electrons. The van der Waals surface area contributed by atoms with Crippen LogP contribution >= 0.6 is 0 Å². The Morgan fingerprint density at radius 2 is 2.05 bits per heavy atom. The average Bonchev–Trinajstić information content (AvgIpc) is 3.33. The molecule has 1 aliphatic heterocycles. The molecule has 2 aliphatic carbocycles. The Morgan fingerprint density at radius 1 is 1.20 bits per heavy atom. The monoisotopic (exact) mass is 272 g/mol. The van der Waals surface area contributed by atoms with E-state index in [1.54, 1.807) is 0 Å². The van der Waals surface area contributed by atoms with Crippen molar-refractivity contribution in [3.05, 3.63) is 18.1 Å². The van der Waals surface area contributed by atoms with E-state index >= 15 is 0 Å². The highest BCUT2D eigenvalue weighted by atomic mass is 16.1. The van der Waals surface area contributed by atoms with E-state index in [0.29, 0.717) is 24.3 Å². The molecule has 2 heterocycles. The quantitative estimate of drug-likeness (QED) is 0.877. The maximum atomic E-state index is 11.6. The molecule has 3 aliphatic rings. The summed E-state index contributed by atoms with van der Waals surface area (Å²) < 4.78 is 0. The lowest BCUT2D eigenvalue weighted by Crippen LogP contribution is -2.52. The third-order valence-corrected chi connectivity index (χ3v) is 4.52. The predicted octanol–water partition coefficient (Wildman–Crippen LogP) is 1.82. The number of aromatic nitrogens is 2. The molecule has 1 aromatic heterocycles. The van der Waals surface area contributed by atoms with Crippen LogP contribution in [0.2, 0.25) is 0 Å². The third-order valence-electron chi connectivity index (χ3n) is 4.52. The van der Waals surface area contributed by atoms with Gasteiger partial charge in [-0.25, -0.2) is 9.97 Å². The molecule has 1 amide bonds. The van der Waals surface area contributed by atoms with Crippen LogP contribution in [0.1, 0.15) is 50.3 Å². The molecule has 5 nitrogen and oxygen atoms in total. The smallest absolute Gasteiger partial charge is 0.220 e. The molecule has 4 rings (SSSR count). The van der Waals surface area contributed by atoms with Crippen LogP contribution < -0.4 is 10.6 Å². The number of anilines is 1. The molecule has 0 bridgehead atoms. The summed E-state index contributed by atoms with van der Waals surface area (Å²) in [5.74, 6) is 3.30. The van der Waals surface area contributed by atoms with Crippen LogP contribution in [0.25, 0.3) is 0 Å². The molecule has 20 heavy (non-hydrogen) atoms. The molecule has 2 atom stereocenters. The second-order valence-electron chi connectivity index (χ2n) is 6.29. The van der Waals surface area contributed by atoms with Gasteiger partial charge in [-0.15, -0.1) is 0 Å². The van der Waals surface area contributed by atoms with Crippen molar-refractivity contribution >= 4 is 11.7 Å². The molecule has 1 saturated heterocycles. The number of piperidine rings is 1. The van der Waals surface area contributed by atoms with Crippen LogP contribution in [-0.4, -0.2) is 28.0 Å². The molecular formula is C15H20N4O. The van der Waals surface area contributed by atoms with Crippen molar-refractivity contribution in [2.24, 2.45) is 5.92 Å². The van der Waals surface area contributed by atoms with E-state index in [2.05, 4.69) is 20.6 Å². The highest BCUT2D eigenvalue weighted by molar-refractivity contribution is 5.77. The molecule has 0 spiro atoms. The van der Waals surface area contributed by atoms with Crippen LogP contribution in [0.5, 0.6) is 0 Å². The first-order valence-corrected chi connectivity index (χ1v) is 7.68. The summed E-state index contributed by atoms with van der Waals surface area (Å²) in [5, 5.41) is 6.68. The number of amides is 1. The van der Waals surface area contributed by atoms with Crippen molar-refractivity contribution in [2.75, 3.05) is 5.32 Å². The van der Waals surface area contributed by atoms with Gasteiger partial charge >= 0.3 is 0 Å². The van der Waals surface area contributed by atoms with Gasteiger partial charge < -0.3 is 10.6 Å². The Hall–Kier alpha value is -1.65. The van der Waals surface area contributed by atoms with E-state index in [9.17, 15) is 4.79 Å². The Morgan fingerprint density at radius 3 is 2.80 bits per heavy atom. The first kappa shape index (κ1) is 12.1. The van der Waals surface area contributed by atoms with Crippen molar-refractivity contribution in [1.82, 2.24) is 15.3 Å². The third kappa shape index (κ3) is 2.49. The maximum absolute atomic E-state index is 11.6. The summed E-state index contributed by atoms with van der Waals surface area (Å²) in [4.78, 5) is 20.6. The summed E-state index contributed by atoms with van der Waals surface area (Å²) in [6.07, 6.45) is 8.26. The molecule has 0 unspecified atom stereocenters. The minimum atomic E-state index is 0.196. The van der Waals surface area contributed by atoms with Crippen LogP contribution in [0.15, 0.2) is 12.3 Å². The fourth-order valence-electron chi connectivity index (χ4n) is 3.07. The van der Waals surface area contributed by atoms with Gasteiger partial charge in [0.15, 0.2) is 0 Å². The maximum Gasteiger partial charge on any atom is 0.220 e. The van der Waals surface area contributed by atoms with Crippen molar-refractivity contribution in [1.29, 1.82) is 0 Å². The number of hydrogen-bond acceptors (Lipinski definition) is 4. The van der Waals surface area contributed by atoms with E-state index in [1.807, 2.05) is 12.3 Å². The Bertz CT molecular complexity index is 524. The van der Waals surface area contributed by atoms with Crippen LogP contribution in [0.3, 0.4) is 0 Å². The van der Waals surface area contributed by atoms with Gasteiger partial charge in [0.25, 0.3) is 0 Å².